The number of nitrogens with two attached hydrogens (primary N) is 1. The molecule has 0 fully saturated rings. The summed E-state index contributed by atoms with van der Waals surface area (Å²) in [5.41, 5.74) is 4.95. The summed E-state index contributed by atoms with van der Waals surface area (Å²) in [6.45, 7) is 1.75. The van der Waals surface area contributed by atoms with Gasteiger partial charge in [0.1, 0.15) is 16.4 Å². The molecule has 2 amide bonds. The van der Waals surface area contributed by atoms with E-state index in [1.807, 2.05) is 0 Å². The van der Waals surface area contributed by atoms with Gasteiger partial charge in [-0.2, -0.15) is 0 Å². The first kappa shape index (κ1) is 20.8. The molecule has 11 heteroatoms. The third-order valence-corrected chi connectivity index (χ3v) is 4.71. The summed E-state index contributed by atoms with van der Waals surface area (Å²) in [4.78, 5) is 33.3. The maximum atomic E-state index is 14.5. The number of amidine groups is 1. The predicted octanol–water partition coefficient (Wildman–Crippen LogP) is 3.18. The maximum absolute atomic E-state index is 14.5. The lowest BCUT2D eigenvalue weighted by Gasteiger charge is -2.35. The molecule has 3 N–H and O–H groups in total. The van der Waals surface area contributed by atoms with Crippen molar-refractivity contribution in [2.75, 3.05) is 18.9 Å². The number of aliphatic imine (C=N–C) groups is 1. The Morgan fingerprint density at radius 3 is 2.76 bits per heavy atom. The van der Waals surface area contributed by atoms with Gasteiger partial charge in [-0.25, -0.2) is 14.2 Å². The molecule has 29 heavy (non-hydrogen) atoms. The van der Waals surface area contributed by atoms with Crippen molar-refractivity contribution in [1.29, 1.82) is 0 Å². The molecule has 152 valence electrons. The Kier molecular flexibility index (Phi) is 5.63. The third kappa shape index (κ3) is 4.41. The molecule has 1 unspecified atom stereocenters. The summed E-state index contributed by atoms with van der Waals surface area (Å²) >= 11 is 11.7. The second-order valence-electron chi connectivity index (χ2n) is 6.58. The fourth-order valence-corrected chi connectivity index (χ4v) is 3.37. The SMILES string of the molecule is CN1CC(C)(c2cc(NC(=O)Oc3ncc(Cl)cc3Cl)ccc2F)N=C(N)C1=O. The zero-order valence-electron chi connectivity index (χ0n) is 15.4. The van der Waals surface area contributed by atoms with E-state index in [1.165, 1.54) is 35.4 Å². The number of nitrogens with zero attached hydrogens (tertiary/aromatic N) is 3. The van der Waals surface area contributed by atoms with E-state index >= 15 is 0 Å². The van der Waals surface area contributed by atoms with Crippen molar-refractivity contribution in [3.63, 3.8) is 0 Å². The highest BCUT2D eigenvalue weighted by molar-refractivity contribution is 6.37. The van der Waals surface area contributed by atoms with Gasteiger partial charge < -0.3 is 15.4 Å². The Morgan fingerprint density at radius 1 is 1.38 bits per heavy atom. The average Bonchev–Trinajstić information content (AvgIpc) is 2.63. The summed E-state index contributed by atoms with van der Waals surface area (Å²) in [5.74, 6) is -1.35. The van der Waals surface area contributed by atoms with Gasteiger partial charge in [0.2, 0.25) is 5.88 Å². The van der Waals surface area contributed by atoms with Gasteiger partial charge in [0.25, 0.3) is 5.91 Å². The van der Waals surface area contributed by atoms with Crippen molar-refractivity contribution in [2.24, 2.45) is 10.7 Å². The van der Waals surface area contributed by atoms with Crippen LogP contribution in [0.1, 0.15) is 12.5 Å². The number of carbonyl (C=O) groups is 2. The highest BCUT2D eigenvalue weighted by atomic mass is 35.5. The standard InChI is InChI=1S/C18H16Cl2FN5O3/c1-18(8-26(2)16(27)14(22)25-18)11-6-10(3-4-13(11)21)24-17(28)29-15-12(20)5-9(19)7-23-15/h3-7H,8H2,1-2H3,(H2,22,25)(H,24,28). The number of rotatable bonds is 3. The van der Waals surface area contributed by atoms with Crippen LogP contribution in [0.15, 0.2) is 35.5 Å². The molecule has 1 aromatic heterocycles. The highest BCUT2D eigenvalue weighted by Crippen LogP contribution is 2.33. The quantitative estimate of drug-likeness (QED) is 0.762. The Bertz CT molecular complexity index is 1030. The van der Waals surface area contributed by atoms with Gasteiger partial charge in [-0.05, 0) is 31.2 Å². The van der Waals surface area contributed by atoms with Crippen molar-refractivity contribution < 1.29 is 18.7 Å². The monoisotopic (exact) mass is 439 g/mol. The van der Waals surface area contributed by atoms with Crippen LogP contribution in [-0.4, -0.2) is 41.3 Å². The van der Waals surface area contributed by atoms with Crippen molar-refractivity contribution >= 4 is 46.7 Å². The average molecular weight is 440 g/mol. The van der Waals surface area contributed by atoms with Crippen LogP contribution >= 0.6 is 23.2 Å². The molecular formula is C18H16Cl2FN5O3. The summed E-state index contributed by atoms with van der Waals surface area (Å²) in [7, 11) is 1.54. The van der Waals surface area contributed by atoms with E-state index in [4.69, 9.17) is 33.7 Å². The molecular weight excluding hydrogens is 424 g/mol. The lowest BCUT2D eigenvalue weighted by molar-refractivity contribution is -0.124. The second kappa shape index (κ2) is 7.84. The number of likely N-dealkylation sites (N-methyl/N-ethyl adjacent to an activating group) is 1. The van der Waals surface area contributed by atoms with Crippen molar-refractivity contribution in [1.82, 2.24) is 9.88 Å². The molecule has 0 saturated carbocycles. The number of pyridine rings is 1. The van der Waals surface area contributed by atoms with Crippen LogP contribution in [0.5, 0.6) is 5.88 Å². The zero-order chi connectivity index (χ0) is 21.3. The highest BCUT2D eigenvalue weighted by Gasteiger charge is 2.37. The summed E-state index contributed by atoms with van der Waals surface area (Å²) < 4.78 is 19.6. The number of aromatic nitrogens is 1. The zero-order valence-corrected chi connectivity index (χ0v) is 16.9. The Labute approximate surface area is 175 Å². The van der Waals surface area contributed by atoms with Crippen LogP contribution < -0.4 is 15.8 Å². The Morgan fingerprint density at radius 2 is 2.10 bits per heavy atom. The number of benzene rings is 1. The molecule has 0 aliphatic carbocycles. The lowest BCUT2D eigenvalue weighted by Crippen LogP contribution is -2.50. The number of halogens is 3. The van der Waals surface area contributed by atoms with E-state index in [0.29, 0.717) is 0 Å². The topological polar surface area (TPSA) is 110 Å². The second-order valence-corrected chi connectivity index (χ2v) is 7.43. The minimum Gasteiger partial charge on any atom is -0.389 e. The fourth-order valence-electron chi connectivity index (χ4n) is 2.95. The normalized spacial score (nSPS) is 19.0. The van der Waals surface area contributed by atoms with E-state index < -0.39 is 23.4 Å². The molecule has 0 bridgehead atoms. The molecule has 2 heterocycles. The minimum absolute atomic E-state index is 0.0553. The largest absolute Gasteiger partial charge is 0.418 e. The van der Waals surface area contributed by atoms with Crippen molar-refractivity contribution in [3.8, 4) is 5.88 Å². The number of amides is 2. The van der Waals surface area contributed by atoms with Crippen molar-refractivity contribution in [3.05, 3.63) is 51.9 Å². The van der Waals surface area contributed by atoms with Crippen LogP contribution in [0.2, 0.25) is 10.0 Å². The molecule has 3 rings (SSSR count). The van der Waals surface area contributed by atoms with Gasteiger partial charge >= 0.3 is 6.09 Å². The molecule has 8 nitrogen and oxygen atoms in total. The number of hydrogen-bond donors (Lipinski definition) is 2. The summed E-state index contributed by atoms with van der Waals surface area (Å²) in [6.07, 6.45) is 0.388. The van der Waals surface area contributed by atoms with Crippen LogP contribution in [0.4, 0.5) is 14.9 Å². The fraction of sp³-hybridized carbons (Fsp3) is 0.222. The Hall–Kier alpha value is -2.91. The van der Waals surface area contributed by atoms with Crippen LogP contribution in [-0.2, 0) is 10.3 Å². The number of nitrogens with one attached hydrogen (secondary N) is 1. The maximum Gasteiger partial charge on any atom is 0.418 e. The first-order valence-electron chi connectivity index (χ1n) is 8.30. The number of hydrogen-bond acceptors (Lipinski definition) is 6. The van der Waals surface area contributed by atoms with Gasteiger partial charge in [0.15, 0.2) is 5.84 Å². The molecule has 2 aromatic rings. The molecule has 1 aliphatic rings. The van der Waals surface area contributed by atoms with Gasteiger partial charge in [-0.1, -0.05) is 23.2 Å². The van der Waals surface area contributed by atoms with E-state index in [1.54, 1.807) is 14.0 Å². The van der Waals surface area contributed by atoms with Crippen molar-refractivity contribution in [2.45, 2.75) is 12.5 Å². The number of carbonyl (C=O) groups excluding carboxylic acids is 2. The van der Waals surface area contributed by atoms with Crippen LogP contribution in [0.25, 0.3) is 0 Å². The number of ether oxygens (including phenoxy) is 1. The number of anilines is 1. The van der Waals surface area contributed by atoms with Gasteiger partial charge in [-0.15, -0.1) is 0 Å². The third-order valence-electron chi connectivity index (χ3n) is 4.23. The van der Waals surface area contributed by atoms with Gasteiger partial charge in [0, 0.05) is 24.5 Å². The smallest absolute Gasteiger partial charge is 0.389 e. The molecule has 1 aromatic carbocycles. The van der Waals surface area contributed by atoms with E-state index in [0.717, 1.165) is 0 Å². The summed E-state index contributed by atoms with van der Waals surface area (Å²) in [5, 5.41) is 2.81. The predicted molar refractivity (Wildman–Crippen MR) is 107 cm³/mol. The molecule has 0 saturated heterocycles. The Balaban J connectivity index is 1.84. The van der Waals surface area contributed by atoms with E-state index in [9.17, 15) is 14.0 Å². The van der Waals surface area contributed by atoms with Crippen LogP contribution in [0, 0.1) is 5.82 Å². The first-order valence-corrected chi connectivity index (χ1v) is 9.05. The van der Waals surface area contributed by atoms with Gasteiger partial charge in [0.05, 0.1) is 11.6 Å². The van der Waals surface area contributed by atoms with E-state index in [-0.39, 0.29) is 39.6 Å². The minimum atomic E-state index is -1.13. The molecule has 1 aliphatic heterocycles. The van der Waals surface area contributed by atoms with Crippen LogP contribution in [0.3, 0.4) is 0 Å². The molecule has 0 spiro atoms. The molecule has 1 atom stereocenters. The summed E-state index contributed by atoms with van der Waals surface area (Å²) in [6, 6.07) is 5.30. The van der Waals surface area contributed by atoms with E-state index in [2.05, 4.69) is 15.3 Å². The van der Waals surface area contributed by atoms with Gasteiger partial charge in [-0.3, -0.25) is 15.1 Å². The molecule has 0 radical (unpaired) electrons. The first-order chi connectivity index (χ1) is 13.6. The lowest BCUT2D eigenvalue weighted by atomic mass is 9.89.